The van der Waals surface area contributed by atoms with Crippen LogP contribution in [0, 0.1) is 0 Å². The minimum absolute atomic E-state index is 0.218. The van der Waals surface area contributed by atoms with Crippen molar-refractivity contribution in [2.75, 3.05) is 6.79 Å². The lowest BCUT2D eigenvalue weighted by atomic mass is 9.99. The maximum Gasteiger partial charge on any atom is 0.339 e. The molecule has 2 aliphatic rings. The number of fused-ring (bicyclic) bond motifs is 3. The van der Waals surface area contributed by atoms with E-state index in [9.17, 15) is 4.79 Å². The minimum atomic E-state index is -0.497. The van der Waals surface area contributed by atoms with Gasteiger partial charge in [-0.25, -0.2) is 4.79 Å². The molecule has 112 valence electrons. The van der Waals surface area contributed by atoms with E-state index in [1.54, 1.807) is 12.3 Å². The Morgan fingerprint density at radius 1 is 1.04 bits per heavy atom. The number of hydrogen-bond acceptors (Lipinski definition) is 5. The van der Waals surface area contributed by atoms with E-state index >= 15 is 0 Å². The summed E-state index contributed by atoms with van der Waals surface area (Å²) in [5.41, 5.74) is 2.14. The average molecular weight is 305 g/mol. The number of carbonyl (C=O) groups is 1. The van der Waals surface area contributed by atoms with Gasteiger partial charge in [0, 0.05) is 17.1 Å². The molecule has 5 rings (SSSR count). The highest BCUT2D eigenvalue weighted by atomic mass is 16.7. The number of hydrogen-bond donors (Lipinski definition) is 0. The number of nitrogens with zero attached hydrogens (tertiary/aromatic N) is 1. The number of carbonyl (C=O) groups excluding carboxylic acids is 1. The first-order valence-electron chi connectivity index (χ1n) is 7.29. The third-order valence-corrected chi connectivity index (χ3v) is 4.22. The van der Waals surface area contributed by atoms with Gasteiger partial charge in [-0.1, -0.05) is 18.2 Å². The standard InChI is InChI=1S/C18H11NO4/c20-18-12-4-2-1-3-11(12)17(23-18)16-13-8-15-14(21-9-22-15)7-10(13)5-6-19-16/h1-8,17H,9H2. The molecule has 0 bridgehead atoms. The van der Waals surface area contributed by atoms with Crippen molar-refractivity contribution in [2.45, 2.75) is 6.10 Å². The van der Waals surface area contributed by atoms with Crippen molar-refractivity contribution in [3.63, 3.8) is 0 Å². The highest BCUT2D eigenvalue weighted by molar-refractivity contribution is 5.96. The molecule has 1 unspecified atom stereocenters. The predicted octanol–water partition coefficient (Wildman–Crippen LogP) is 3.22. The molecule has 3 aromatic rings. The van der Waals surface area contributed by atoms with Crippen LogP contribution < -0.4 is 9.47 Å². The van der Waals surface area contributed by atoms with E-state index in [0.717, 1.165) is 22.1 Å². The van der Waals surface area contributed by atoms with Crippen LogP contribution in [0.4, 0.5) is 0 Å². The highest BCUT2D eigenvalue weighted by Gasteiger charge is 2.34. The summed E-state index contributed by atoms with van der Waals surface area (Å²) in [5, 5.41) is 1.87. The van der Waals surface area contributed by atoms with Crippen LogP contribution in [0.15, 0.2) is 48.7 Å². The zero-order valence-electron chi connectivity index (χ0n) is 12.0. The summed E-state index contributed by atoms with van der Waals surface area (Å²) in [5.74, 6) is 1.09. The predicted molar refractivity (Wildman–Crippen MR) is 81.6 cm³/mol. The normalized spacial score (nSPS) is 18.1. The second-order valence-electron chi connectivity index (χ2n) is 5.50. The highest BCUT2D eigenvalue weighted by Crippen LogP contribution is 2.41. The molecule has 23 heavy (non-hydrogen) atoms. The van der Waals surface area contributed by atoms with Gasteiger partial charge >= 0.3 is 5.97 Å². The van der Waals surface area contributed by atoms with Gasteiger partial charge in [0.05, 0.1) is 11.3 Å². The molecule has 0 saturated heterocycles. The lowest BCUT2D eigenvalue weighted by molar-refractivity contribution is 0.0452. The van der Waals surface area contributed by atoms with Crippen LogP contribution in [0.25, 0.3) is 10.8 Å². The number of esters is 1. The summed E-state index contributed by atoms with van der Waals surface area (Å²) in [6.45, 7) is 0.218. The zero-order chi connectivity index (χ0) is 15.4. The molecule has 0 aliphatic carbocycles. The molecule has 1 aromatic heterocycles. The van der Waals surface area contributed by atoms with Gasteiger partial charge in [0.2, 0.25) is 6.79 Å². The lowest BCUT2D eigenvalue weighted by Crippen LogP contribution is -2.04. The Balaban J connectivity index is 1.74. The topological polar surface area (TPSA) is 57.7 Å². The van der Waals surface area contributed by atoms with Gasteiger partial charge in [-0.2, -0.15) is 0 Å². The smallest absolute Gasteiger partial charge is 0.339 e. The van der Waals surface area contributed by atoms with Crippen molar-refractivity contribution in [3.8, 4) is 11.5 Å². The first kappa shape index (κ1) is 12.5. The van der Waals surface area contributed by atoms with Crippen LogP contribution >= 0.6 is 0 Å². The molecule has 2 aromatic carbocycles. The summed E-state index contributed by atoms with van der Waals surface area (Å²) in [4.78, 5) is 16.6. The van der Waals surface area contributed by atoms with Gasteiger partial charge in [-0.15, -0.1) is 0 Å². The molecule has 2 aliphatic heterocycles. The van der Waals surface area contributed by atoms with Crippen molar-refractivity contribution < 1.29 is 19.0 Å². The monoisotopic (exact) mass is 305 g/mol. The number of rotatable bonds is 1. The second kappa shape index (κ2) is 4.46. The van der Waals surface area contributed by atoms with E-state index in [1.807, 2.05) is 36.4 Å². The molecule has 0 spiro atoms. The van der Waals surface area contributed by atoms with E-state index in [0.29, 0.717) is 17.0 Å². The SMILES string of the molecule is O=C1OC(c2nccc3cc4c(cc23)OCO4)c2ccccc21. The van der Waals surface area contributed by atoms with Crippen molar-refractivity contribution in [2.24, 2.45) is 0 Å². The van der Waals surface area contributed by atoms with Gasteiger partial charge in [0.15, 0.2) is 17.6 Å². The van der Waals surface area contributed by atoms with E-state index in [1.165, 1.54) is 0 Å². The number of pyridine rings is 1. The van der Waals surface area contributed by atoms with Gasteiger partial charge in [0.1, 0.15) is 0 Å². The van der Waals surface area contributed by atoms with Gasteiger partial charge < -0.3 is 14.2 Å². The Bertz CT molecular complexity index is 966. The number of ether oxygens (including phenoxy) is 3. The maximum atomic E-state index is 12.1. The zero-order valence-corrected chi connectivity index (χ0v) is 12.0. The summed E-state index contributed by atoms with van der Waals surface area (Å²) in [6, 6.07) is 13.1. The molecular weight excluding hydrogens is 294 g/mol. The Hall–Kier alpha value is -3.08. The third kappa shape index (κ3) is 1.73. The number of cyclic esters (lactones) is 1. The Kier molecular flexibility index (Phi) is 2.42. The lowest BCUT2D eigenvalue weighted by Gasteiger charge is -2.13. The van der Waals surface area contributed by atoms with E-state index < -0.39 is 6.10 Å². The summed E-state index contributed by atoms with van der Waals surface area (Å²) >= 11 is 0. The summed E-state index contributed by atoms with van der Waals surface area (Å²) < 4.78 is 16.4. The third-order valence-electron chi connectivity index (χ3n) is 4.22. The van der Waals surface area contributed by atoms with Crippen LogP contribution in [0.1, 0.15) is 27.7 Å². The average Bonchev–Trinajstić information content (AvgIpc) is 3.17. The quantitative estimate of drug-likeness (QED) is 0.646. The van der Waals surface area contributed by atoms with Crippen molar-refractivity contribution in [3.05, 3.63) is 65.5 Å². The molecule has 0 fully saturated rings. The Morgan fingerprint density at radius 3 is 2.78 bits per heavy atom. The number of benzene rings is 2. The fourth-order valence-electron chi connectivity index (χ4n) is 3.14. The van der Waals surface area contributed by atoms with Crippen LogP contribution in [0.2, 0.25) is 0 Å². The summed E-state index contributed by atoms with van der Waals surface area (Å²) in [7, 11) is 0. The van der Waals surface area contributed by atoms with Gasteiger partial charge in [0.25, 0.3) is 0 Å². The van der Waals surface area contributed by atoms with Crippen molar-refractivity contribution in [1.82, 2.24) is 4.98 Å². The van der Waals surface area contributed by atoms with Gasteiger partial charge in [-0.3, -0.25) is 4.98 Å². The van der Waals surface area contributed by atoms with E-state index in [2.05, 4.69) is 4.98 Å². The first-order chi connectivity index (χ1) is 11.3. The minimum Gasteiger partial charge on any atom is -0.454 e. The van der Waals surface area contributed by atoms with Crippen LogP contribution in [0.5, 0.6) is 11.5 Å². The fourth-order valence-corrected chi connectivity index (χ4v) is 3.14. The van der Waals surface area contributed by atoms with Crippen molar-refractivity contribution >= 4 is 16.7 Å². The Morgan fingerprint density at radius 2 is 1.87 bits per heavy atom. The molecule has 3 heterocycles. The van der Waals surface area contributed by atoms with Crippen LogP contribution in [-0.2, 0) is 4.74 Å². The Labute approximate surface area is 131 Å². The van der Waals surface area contributed by atoms with Crippen LogP contribution in [-0.4, -0.2) is 17.7 Å². The summed E-state index contributed by atoms with van der Waals surface area (Å²) in [6.07, 6.45) is 1.22. The largest absolute Gasteiger partial charge is 0.454 e. The molecule has 1 atom stereocenters. The molecule has 0 radical (unpaired) electrons. The first-order valence-corrected chi connectivity index (χ1v) is 7.29. The maximum absolute atomic E-state index is 12.1. The molecule has 5 heteroatoms. The molecule has 0 amide bonds. The second-order valence-corrected chi connectivity index (χ2v) is 5.50. The van der Waals surface area contributed by atoms with E-state index in [-0.39, 0.29) is 12.8 Å². The fraction of sp³-hybridized carbons (Fsp3) is 0.111. The van der Waals surface area contributed by atoms with Crippen LogP contribution in [0.3, 0.4) is 0 Å². The van der Waals surface area contributed by atoms with Crippen molar-refractivity contribution in [1.29, 1.82) is 0 Å². The molecule has 5 nitrogen and oxygen atoms in total. The van der Waals surface area contributed by atoms with Gasteiger partial charge in [-0.05, 0) is 29.7 Å². The number of aromatic nitrogens is 1. The molecule has 0 saturated carbocycles. The molecular formula is C18H11NO4. The molecule has 0 N–H and O–H groups in total. The van der Waals surface area contributed by atoms with E-state index in [4.69, 9.17) is 14.2 Å².